The van der Waals surface area contributed by atoms with Crippen LogP contribution in [0.25, 0.3) is 0 Å². The number of carbonyl (C=O) groups excluding carboxylic acids is 1. The summed E-state index contributed by atoms with van der Waals surface area (Å²) in [6.45, 7) is 0. The molecule has 0 fully saturated rings. The van der Waals surface area contributed by atoms with Gasteiger partial charge in [-0.25, -0.2) is 0 Å². The zero-order valence-electron chi connectivity index (χ0n) is 8.91. The first-order valence-corrected chi connectivity index (χ1v) is 5.29. The van der Waals surface area contributed by atoms with Crippen molar-refractivity contribution in [2.45, 2.75) is 12.3 Å². The Morgan fingerprint density at radius 3 is 2.38 bits per heavy atom. The first-order valence-electron chi connectivity index (χ1n) is 5.29. The molecule has 2 nitrogen and oxygen atoms in total. The van der Waals surface area contributed by atoms with Crippen molar-refractivity contribution in [2.24, 2.45) is 0 Å². The smallest absolute Gasteiger partial charge is 0.127 e. The fourth-order valence-electron chi connectivity index (χ4n) is 1.72. The van der Waals surface area contributed by atoms with Gasteiger partial charge >= 0.3 is 0 Å². The van der Waals surface area contributed by atoms with Crippen LogP contribution in [0.15, 0.2) is 54.9 Å². The summed E-state index contributed by atoms with van der Waals surface area (Å²) in [5.41, 5.74) is 2.20. The minimum atomic E-state index is -0.0661. The molecule has 1 unspecified atom stereocenters. The molecule has 0 amide bonds. The molecule has 2 heteroatoms. The van der Waals surface area contributed by atoms with Crippen LogP contribution in [0.5, 0.6) is 0 Å². The van der Waals surface area contributed by atoms with Crippen LogP contribution in [0.3, 0.4) is 0 Å². The molecule has 1 aromatic heterocycles. The van der Waals surface area contributed by atoms with Crippen molar-refractivity contribution < 1.29 is 4.79 Å². The molecule has 1 heterocycles. The summed E-state index contributed by atoms with van der Waals surface area (Å²) in [5, 5.41) is 0. The Kier molecular flexibility index (Phi) is 3.44. The van der Waals surface area contributed by atoms with Crippen molar-refractivity contribution in [3.63, 3.8) is 0 Å². The van der Waals surface area contributed by atoms with Gasteiger partial charge in [0.05, 0.1) is 0 Å². The van der Waals surface area contributed by atoms with Gasteiger partial charge in [-0.3, -0.25) is 4.98 Å². The molecule has 1 aromatic carbocycles. The number of carbonyl (C=O) groups is 1. The highest BCUT2D eigenvalue weighted by molar-refractivity contribution is 5.62. The van der Waals surface area contributed by atoms with Crippen molar-refractivity contribution >= 4 is 6.29 Å². The van der Waals surface area contributed by atoms with E-state index in [9.17, 15) is 4.79 Å². The van der Waals surface area contributed by atoms with Gasteiger partial charge in [0, 0.05) is 18.3 Å². The molecule has 0 spiro atoms. The number of rotatable bonds is 4. The van der Waals surface area contributed by atoms with Crippen LogP contribution in [-0.2, 0) is 11.2 Å². The fraction of sp³-hybridized carbons (Fsp3) is 0.143. The van der Waals surface area contributed by atoms with Crippen molar-refractivity contribution in [2.75, 3.05) is 0 Å². The summed E-state index contributed by atoms with van der Waals surface area (Å²) >= 11 is 0. The molecule has 16 heavy (non-hydrogen) atoms. The average molecular weight is 211 g/mol. The SMILES string of the molecule is O=CC(Cc1ccncc1)c1ccccc1. The van der Waals surface area contributed by atoms with Crippen molar-refractivity contribution in [3.8, 4) is 0 Å². The van der Waals surface area contributed by atoms with Gasteiger partial charge < -0.3 is 4.79 Å². The molecule has 0 aliphatic heterocycles. The Bertz CT molecular complexity index is 439. The van der Waals surface area contributed by atoms with E-state index >= 15 is 0 Å². The minimum Gasteiger partial charge on any atom is -0.303 e. The van der Waals surface area contributed by atoms with Crippen molar-refractivity contribution in [1.29, 1.82) is 0 Å². The molecule has 0 aliphatic rings. The second-order valence-corrected chi connectivity index (χ2v) is 3.71. The van der Waals surface area contributed by atoms with E-state index in [4.69, 9.17) is 0 Å². The van der Waals surface area contributed by atoms with Gasteiger partial charge in [0.15, 0.2) is 0 Å². The maximum atomic E-state index is 11.1. The lowest BCUT2D eigenvalue weighted by molar-refractivity contribution is -0.109. The predicted octanol–water partition coefficient (Wildman–Crippen LogP) is 2.61. The first kappa shape index (κ1) is 10.6. The zero-order chi connectivity index (χ0) is 11.2. The van der Waals surface area contributed by atoms with Crippen LogP contribution >= 0.6 is 0 Å². The predicted molar refractivity (Wildman–Crippen MR) is 63.2 cm³/mol. The second-order valence-electron chi connectivity index (χ2n) is 3.71. The summed E-state index contributed by atoms with van der Waals surface area (Å²) in [6, 6.07) is 13.7. The molecular formula is C14H13NO. The Morgan fingerprint density at radius 1 is 1.06 bits per heavy atom. The van der Waals surface area contributed by atoms with Crippen LogP contribution < -0.4 is 0 Å². The van der Waals surface area contributed by atoms with E-state index in [1.165, 1.54) is 0 Å². The lowest BCUT2D eigenvalue weighted by atomic mass is 9.94. The molecule has 2 aromatic rings. The third kappa shape index (κ3) is 2.54. The van der Waals surface area contributed by atoms with E-state index in [-0.39, 0.29) is 5.92 Å². The lowest BCUT2D eigenvalue weighted by Gasteiger charge is -2.10. The van der Waals surface area contributed by atoms with Gasteiger partial charge in [-0.15, -0.1) is 0 Å². The minimum absolute atomic E-state index is 0.0661. The molecule has 1 atom stereocenters. The Hall–Kier alpha value is -1.96. The second kappa shape index (κ2) is 5.21. The van der Waals surface area contributed by atoms with Gasteiger partial charge in [0.25, 0.3) is 0 Å². The summed E-state index contributed by atoms with van der Waals surface area (Å²) in [6.07, 6.45) is 5.25. The number of hydrogen-bond acceptors (Lipinski definition) is 2. The topological polar surface area (TPSA) is 30.0 Å². The quantitative estimate of drug-likeness (QED) is 0.727. The Morgan fingerprint density at radius 2 is 1.75 bits per heavy atom. The standard InChI is InChI=1S/C14H13NO/c16-11-14(13-4-2-1-3-5-13)10-12-6-8-15-9-7-12/h1-9,11,14H,10H2. The van der Waals surface area contributed by atoms with E-state index < -0.39 is 0 Å². The number of pyridine rings is 1. The molecule has 80 valence electrons. The molecule has 2 rings (SSSR count). The van der Waals surface area contributed by atoms with Crippen LogP contribution in [0, 0.1) is 0 Å². The third-order valence-electron chi connectivity index (χ3n) is 2.60. The maximum Gasteiger partial charge on any atom is 0.127 e. The summed E-state index contributed by atoms with van der Waals surface area (Å²) in [4.78, 5) is 15.1. The maximum absolute atomic E-state index is 11.1. The molecule has 0 saturated carbocycles. The Balaban J connectivity index is 2.16. The zero-order valence-corrected chi connectivity index (χ0v) is 8.91. The van der Waals surface area contributed by atoms with Crippen LogP contribution in [0.1, 0.15) is 17.0 Å². The van der Waals surface area contributed by atoms with Crippen LogP contribution in [0.2, 0.25) is 0 Å². The molecule has 0 radical (unpaired) electrons. The van der Waals surface area contributed by atoms with E-state index in [2.05, 4.69) is 4.98 Å². The van der Waals surface area contributed by atoms with Crippen LogP contribution in [0.4, 0.5) is 0 Å². The first-order chi connectivity index (χ1) is 7.90. The van der Waals surface area contributed by atoms with Crippen LogP contribution in [-0.4, -0.2) is 11.3 Å². The van der Waals surface area contributed by atoms with Gasteiger partial charge in [-0.05, 0) is 29.7 Å². The largest absolute Gasteiger partial charge is 0.303 e. The third-order valence-corrected chi connectivity index (χ3v) is 2.60. The number of aromatic nitrogens is 1. The van der Waals surface area contributed by atoms with Gasteiger partial charge in [0.2, 0.25) is 0 Å². The number of benzene rings is 1. The summed E-state index contributed by atoms with van der Waals surface area (Å²) in [5.74, 6) is -0.0661. The number of nitrogens with zero attached hydrogens (tertiary/aromatic N) is 1. The Labute approximate surface area is 95.0 Å². The highest BCUT2D eigenvalue weighted by Crippen LogP contribution is 2.18. The summed E-state index contributed by atoms with van der Waals surface area (Å²) in [7, 11) is 0. The average Bonchev–Trinajstić information content (AvgIpc) is 2.38. The monoisotopic (exact) mass is 211 g/mol. The van der Waals surface area contributed by atoms with Gasteiger partial charge in [-0.2, -0.15) is 0 Å². The lowest BCUT2D eigenvalue weighted by Crippen LogP contribution is -2.04. The molecule has 0 N–H and O–H groups in total. The normalized spacial score (nSPS) is 12.0. The summed E-state index contributed by atoms with van der Waals surface area (Å²) < 4.78 is 0. The molecular weight excluding hydrogens is 198 g/mol. The highest BCUT2D eigenvalue weighted by Gasteiger charge is 2.10. The van der Waals surface area contributed by atoms with E-state index in [1.54, 1.807) is 12.4 Å². The van der Waals surface area contributed by atoms with Crippen molar-refractivity contribution in [1.82, 2.24) is 4.98 Å². The molecule has 0 bridgehead atoms. The molecule has 0 saturated heterocycles. The molecule has 0 aliphatic carbocycles. The number of aldehydes is 1. The number of hydrogen-bond donors (Lipinski definition) is 0. The van der Waals surface area contributed by atoms with E-state index in [0.717, 1.165) is 23.8 Å². The highest BCUT2D eigenvalue weighted by atomic mass is 16.1. The van der Waals surface area contributed by atoms with Gasteiger partial charge in [-0.1, -0.05) is 30.3 Å². The van der Waals surface area contributed by atoms with Crippen molar-refractivity contribution in [3.05, 3.63) is 66.0 Å². The fourth-order valence-corrected chi connectivity index (χ4v) is 1.72. The van der Waals surface area contributed by atoms with E-state index in [1.807, 2.05) is 42.5 Å². The van der Waals surface area contributed by atoms with Gasteiger partial charge in [0.1, 0.15) is 6.29 Å². The van der Waals surface area contributed by atoms with E-state index in [0.29, 0.717) is 0 Å².